The maximum absolute atomic E-state index is 13.4. The van der Waals surface area contributed by atoms with E-state index in [0.29, 0.717) is 36.4 Å². The van der Waals surface area contributed by atoms with E-state index in [1.54, 1.807) is 14.2 Å². The Morgan fingerprint density at radius 1 is 1.17 bits per heavy atom. The van der Waals surface area contributed by atoms with Crippen molar-refractivity contribution in [1.82, 2.24) is 4.90 Å². The van der Waals surface area contributed by atoms with Crippen LogP contribution < -0.4 is 9.47 Å². The van der Waals surface area contributed by atoms with E-state index in [1.165, 1.54) is 0 Å². The topological polar surface area (TPSA) is 55.8 Å². The molecule has 5 nitrogen and oxygen atoms in total. The molecule has 5 aliphatic rings. The van der Waals surface area contributed by atoms with Gasteiger partial charge in [0.2, 0.25) is 5.91 Å². The Labute approximate surface area is 179 Å². The number of benzene rings is 1. The summed E-state index contributed by atoms with van der Waals surface area (Å²) in [6, 6.07) is 5.85. The van der Waals surface area contributed by atoms with Gasteiger partial charge >= 0.3 is 0 Å². The fraction of sp³-hybridized carbons (Fsp3) is 0.565. The predicted octanol–water partition coefficient (Wildman–Crippen LogP) is 3.11. The number of carbonyl (C=O) groups excluding carboxylic acids is 2. The van der Waals surface area contributed by atoms with Crippen LogP contribution in [0, 0.1) is 35.5 Å². The summed E-state index contributed by atoms with van der Waals surface area (Å²) in [7, 11) is 3.24. The summed E-state index contributed by atoms with van der Waals surface area (Å²) in [6.07, 6.45) is 1.74. The van der Waals surface area contributed by atoms with Crippen LogP contribution in [-0.4, -0.2) is 48.7 Å². The molecule has 6 rings (SSSR count). The van der Waals surface area contributed by atoms with E-state index in [-0.39, 0.29) is 40.2 Å². The zero-order valence-corrected chi connectivity index (χ0v) is 18.4. The highest BCUT2D eigenvalue weighted by atomic mass is 79.9. The van der Waals surface area contributed by atoms with Gasteiger partial charge in [-0.15, -0.1) is 0 Å². The normalized spacial score (nSPS) is 37.3. The van der Waals surface area contributed by atoms with Gasteiger partial charge in [-0.05, 0) is 48.3 Å². The largest absolute Gasteiger partial charge is 0.493 e. The lowest BCUT2D eigenvalue weighted by molar-refractivity contribution is -0.134. The molecule has 0 spiro atoms. The van der Waals surface area contributed by atoms with Crippen molar-refractivity contribution in [3.05, 3.63) is 35.9 Å². The molecule has 5 fully saturated rings. The molecular formula is C23H26BrNO4. The number of Topliss-reactive ketones (excluding diaryl/α,β-unsaturated/α-hetero) is 1. The Morgan fingerprint density at radius 3 is 2.66 bits per heavy atom. The van der Waals surface area contributed by atoms with Crippen LogP contribution in [0.4, 0.5) is 0 Å². The Balaban J connectivity index is 1.35. The molecule has 1 aromatic rings. The van der Waals surface area contributed by atoms with Crippen molar-refractivity contribution in [2.75, 3.05) is 27.3 Å². The fourth-order valence-electron chi connectivity index (χ4n) is 6.41. The molecular weight excluding hydrogens is 434 g/mol. The first-order valence-electron chi connectivity index (χ1n) is 10.3. The molecule has 1 aromatic carbocycles. The number of ketones is 1. The molecule has 7 unspecified atom stereocenters. The molecule has 0 aromatic heterocycles. The second-order valence-electron chi connectivity index (χ2n) is 8.84. The van der Waals surface area contributed by atoms with Gasteiger partial charge in [-0.25, -0.2) is 0 Å². The number of hydrogen-bond donors (Lipinski definition) is 0. The van der Waals surface area contributed by atoms with Crippen LogP contribution in [0.5, 0.6) is 11.5 Å². The van der Waals surface area contributed by atoms with Crippen molar-refractivity contribution >= 4 is 27.6 Å². The number of hydrogen-bond acceptors (Lipinski definition) is 4. The summed E-state index contributed by atoms with van der Waals surface area (Å²) in [5.74, 6) is 2.28. The Bertz CT molecular complexity index is 899. The summed E-state index contributed by atoms with van der Waals surface area (Å²) in [5.41, 5.74) is 2.18. The number of nitrogens with zero attached hydrogens (tertiary/aromatic N) is 1. The van der Waals surface area contributed by atoms with Crippen LogP contribution in [0.2, 0.25) is 0 Å². The zero-order valence-electron chi connectivity index (χ0n) is 16.8. The fourth-order valence-corrected chi connectivity index (χ4v) is 7.63. The van der Waals surface area contributed by atoms with Crippen LogP contribution in [0.1, 0.15) is 12.0 Å². The number of allylic oxidation sites excluding steroid dienone is 1. The van der Waals surface area contributed by atoms with E-state index in [4.69, 9.17) is 9.47 Å². The van der Waals surface area contributed by atoms with Gasteiger partial charge in [-0.2, -0.15) is 0 Å². The van der Waals surface area contributed by atoms with Crippen LogP contribution in [0.15, 0.2) is 30.4 Å². The molecule has 1 saturated heterocycles. The molecule has 1 aliphatic heterocycles. The van der Waals surface area contributed by atoms with Crippen LogP contribution in [0.3, 0.4) is 0 Å². The first kappa shape index (κ1) is 19.2. The number of carbonyl (C=O) groups is 2. The monoisotopic (exact) mass is 459 g/mol. The van der Waals surface area contributed by atoms with Gasteiger partial charge < -0.3 is 14.4 Å². The summed E-state index contributed by atoms with van der Waals surface area (Å²) < 4.78 is 10.7. The molecule has 4 saturated carbocycles. The van der Waals surface area contributed by atoms with Gasteiger partial charge in [-0.1, -0.05) is 34.1 Å². The van der Waals surface area contributed by atoms with E-state index in [1.807, 2.05) is 23.1 Å². The summed E-state index contributed by atoms with van der Waals surface area (Å²) in [6.45, 7) is 5.42. The van der Waals surface area contributed by atoms with Crippen molar-refractivity contribution in [3.8, 4) is 11.5 Å². The number of halogens is 1. The molecule has 1 amide bonds. The average molecular weight is 460 g/mol. The number of ether oxygens (including phenoxy) is 2. The molecule has 7 atom stereocenters. The quantitative estimate of drug-likeness (QED) is 0.501. The van der Waals surface area contributed by atoms with Crippen LogP contribution >= 0.6 is 15.9 Å². The van der Waals surface area contributed by atoms with Crippen molar-refractivity contribution < 1.29 is 19.1 Å². The summed E-state index contributed by atoms with van der Waals surface area (Å²) >= 11 is 3.86. The van der Waals surface area contributed by atoms with Gasteiger partial charge in [-0.3, -0.25) is 9.59 Å². The van der Waals surface area contributed by atoms with E-state index in [9.17, 15) is 9.59 Å². The summed E-state index contributed by atoms with van der Waals surface area (Å²) in [5, 5.41) is 0. The SMILES string of the molecule is C=C1C2CC3C1C(=O)C1CN(CCc4ccc(OC)c(OC)c4)C(=O)C1C2C3Br. The van der Waals surface area contributed by atoms with Gasteiger partial charge in [0, 0.05) is 29.8 Å². The van der Waals surface area contributed by atoms with Gasteiger partial charge in [0.05, 0.1) is 20.1 Å². The van der Waals surface area contributed by atoms with E-state index in [0.717, 1.165) is 24.0 Å². The third-order valence-corrected chi connectivity index (χ3v) is 9.01. The van der Waals surface area contributed by atoms with Gasteiger partial charge in [0.25, 0.3) is 0 Å². The van der Waals surface area contributed by atoms with Crippen LogP contribution in [0.25, 0.3) is 0 Å². The Morgan fingerprint density at radius 2 is 1.93 bits per heavy atom. The van der Waals surface area contributed by atoms with Crippen LogP contribution in [-0.2, 0) is 16.0 Å². The molecule has 154 valence electrons. The standard InChI is InChI=1S/C23H26BrNO4/c1-11-13-9-14-18(11)22(26)15-10-25(23(27)20(15)19(13)21(14)24)7-6-12-4-5-16(28-2)17(8-12)29-3/h4-5,8,13-15,18-21H,1,6-7,9-10H2,2-3H3. The highest BCUT2D eigenvalue weighted by Gasteiger charge is 2.66. The molecule has 29 heavy (non-hydrogen) atoms. The lowest BCUT2D eigenvalue weighted by Crippen LogP contribution is -2.38. The minimum Gasteiger partial charge on any atom is -0.493 e. The maximum Gasteiger partial charge on any atom is 0.226 e. The second-order valence-corrected chi connectivity index (χ2v) is 9.90. The predicted molar refractivity (Wildman–Crippen MR) is 112 cm³/mol. The molecule has 4 bridgehead atoms. The minimum atomic E-state index is -0.184. The first-order valence-corrected chi connectivity index (χ1v) is 11.2. The number of likely N-dealkylation sites (tertiary alicyclic amines) is 1. The van der Waals surface area contributed by atoms with Crippen molar-refractivity contribution in [3.63, 3.8) is 0 Å². The Kier molecular flexibility index (Phi) is 4.53. The smallest absolute Gasteiger partial charge is 0.226 e. The lowest BCUT2D eigenvalue weighted by atomic mass is 9.76. The highest BCUT2D eigenvalue weighted by Crippen LogP contribution is 2.64. The Hall–Kier alpha value is -1.82. The minimum absolute atomic E-state index is 0.0470. The summed E-state index contributed by atoms with van der Waals surface area (Å²) in [4.78, 5) is 28.8. The van der Waals surface area contributed by atoms with E-state index < -0.39 is 0 Å². The average Bonchev–Trinajstić information content (AvgIpc) is 3.30. The zero-order chi connectivity index (χ0) is 20.4. The number of methoxy groups -OCH3 is 2. The third-order valence-electron chi connectivity index (χ3n) is 7.72. The van der Waals surface area contributed by atoms with Crippen molar-refractivity contribution in [2.24, 2.45) is 35.5 Å². The van der Waals surface area contributed by atoms with Crippen molar-refractivity contribution in [1.29, 1.82) is 0 Å². The molecule has 0 radical (unpaired) electrons. The molecule has 0 N–H and O–H groups in total. The molecule has 4 aliphatic carbocycles. The maximum atomic E-state index is 13.4. The molecule has 6 heteroatoms. The van der Waals surface area contributed by atoms with Crippen molar-refractivity contribution in [2.45, 2.75) is 17.7 Å². The van der Waals surface area contributed by atoms with Gasteiger partial charge in [0.15, 0.2) is 11.5 Å². The lowest BCUT2D eigenvalue weighted by Gasteiger charge is -2.32. The number of rotatable bonds is 5. The second kappa shape index (κ2) is 6.86. The first-order chi connectivity index (χ1) is 14.0. The number of alkyl halides is 1. The van der Waals surface area contributed by atoms with E-state index >= 15 is 0 Å². The third kappa shape index (κ3) is 2.64. The van der Waals surface area contributed by atoms with Gasteiger partial charge in [0.1, 0.15) is 5.78 Å². The highest BCUT2D eigenvalue weighted by molar-refractivity contribution is 9.09. The van der Waals surface area contributed by atoms with E-state index in [2.05, 4.69) is 22.5 Å². The molecule has 1 heterocycles. The number of amides is 1.